The maximum absolute atomic E-state index is 11.6. The SMILES string of the molecule is COC(=O)N1CCCC(Nc2ccc([N+](=O)[O-])cc2C#N)C1. The fourth-order valence-corrected chi connectivity index (χ4v) is 2.47. The van der Waals surface area contributed by atoms with Gasteiger partial charge in [-0.05, 0) is 18.9 Å². The van der Waals surface area contributed by atoms with E-state index in [4.69, 9.17) is 10.00 Å². The number of nitrogens with zero attached hydrogens (tertiary/aromatic N) is 3. The van der Waals surface area contributed by atoms with Crippen molar-refractivity contribution in [1.82, 2.24) is 4.90 Å². The van der Waals surface area contributed by atoms with Crippen LogP contribution in [0.25, 0.3) is 0 Å². The lowest BCUT2D eigenvalue weighted by atomic mass is 10.0. The van der Waals surface area contributed by atoms with Crippen molar-refractivity contribution >= 4 is 17.5 Å². The molecule has 1 aliphatic rings. The summed E-state index contributed by atoms with van der Waals surface area (Å²) in [6, 6.07) is 6.04. The van der Waals surface area contributed by atoms with Crippen LogP contribution in [0.3, 0.4) is 0 Å². The number of anilines is 1. The molecule has 1 atom stereocenters. The van der Waals surface area contributed by atoms with E-state index in [1.165, 1.54) is 25.3 Å². The summed E-state index contributed by atoms with van der Waals surface area (Å²) in [5.41, 5.74) is 0.621. The maximum Gasteiger partial charge on any atom is 0.409 e. The molecular weight excluding hydrogens is 288 g/mol. The van der Waals surface area contributed by atoms with Crippen LogP contribution in [-0.4, -0.2) is 42.2 Å². The molecule has 1 N–H and O–H groups in total. The highest BCUT2D eigenvalue weighted by Gasteiger charge is 2.24. The molecule has 1 aromatic rings. The number of methoxy groups -OCH3 is 1. The molecule has 1 saturated heterocycles. The van der Waals surface area contributed by atoms with Gasteiger partial charge in [0.05, 0.1) is 23.3 Å². The topological polar surface area (TPSA) is 108 Å². The van der Waals surface area contributed by atoms with Crippen LogP contribution in [0.1, 0.15) is 18.4 Å². The average Bonchev–Trinajstić information content (AvgIpc) is 2.54. The van der Waals surface area contributed by atoms with Crippen molar-refractivity contribution in [3.05, 3.63) is 33.9 Å². The zero-order chi connectivity index (χ0) is 16.1. The van der Waals surface area contributed by atoms with Crippen LogP contribution in [-0.2, 0) is 4.74 Å². The molecule has 0 spiro atoms. The van der Waals surface area contributed by atoms with E-state index in [9.17, 15) is 14.9 Å². The van der Waals surface area contributed by atoms with Gasteiger partial charge in [0.25, 0.3) is 5.69 Å². The standard InChI is InChI=1S/C14H16N4O4/c1-22-14(19)17-6-2-3-11(9-17)16-13-5-4-12(18(20)21)7-10(13)8-15/h4-5,7,11,16H,2-3,6,9H2,1H3. The summed E-state index contributed by atoms with van der Waals surface area (Å²) in [4.78, 5) is 23.4. The molecule has 1 aromatic carbocycles. The largest absolute Gasteiger partial charge is 0.453 e. The van der Waals surface area contributed by atoms with Gasteiger partial charge >= 0.3 is 6.09 Å². The molecule has 1 unspecified atom stereocenters. The van der Waals surface area contributed by atoms with Crippen LogP contribution in [0, 0.1) is 21.4 Å². The number of nitro groups is 1. The third-order valence-corrected chi connectivity index (χ3v) is 3.55. The Hall–Kier alpha value is -2.82. The number of carbonyl (C=O) groups excluding carboxylic acids is 1. The van der Waals surface area contributed by atoms with E-state index in [2.05, 4.69) is 5.32 Å². The van der Waals surface area contributed by atoms with Gasteiger partial charge in [0, 0.05) is 31.3 Å². The van der Waals surface area contributed by atoms with Crippen LogP contribution in [0.2, 0.25) is 0 Å². The van der Waals surface area contributed by atoms with Crippen molar-refractivity contribution in [2.75, 3.05) is 25.5 Å². The minimum Gasteiger partial charge on any atom is -0.453 e. The Morgan fingerprint density at radius 1 is 1.59 bits per heavy atom. The molecule has 116 valence electrons. The van der Waals surface area contributed by atoms with Crippen LogP contribution in [0.5, 0.6) is 0 Å². The van der Waals surface area contributed by atoms with Gasteiger partial charge in [0.15, 0.2) is 0 Å². The van der Waals surface area contributed by atoms with Crippen molar-refractivity contribution in [3.8, 4) is 6.07 Å². The van der Waals surface area contributed by atoms with E-state index in [0.717, 1.165) is 12.8 Å². The number of carbonyl (C=O) groups is 1. The molecule has 1 aliphatic heterocycles. The molecule has 8 heteroatoms. The molecule has 8 nitrogen and oxygen atoms in total. The zero-order valence-electron chi connectivity index (χ0n) is 12.1. The van der Waals surface area contributed by atoms with Gasteiger partial charge < -0.3 is 15.0 Å². The quantitative estimate of drug-likeness (QED) is 0.676. The Bertz CT molecular complexity index is 626. The van der Waals surface area contributed by atoms with Crippen molar-refractivity contribution < 1.29 is 14.5 Å². The van der Waals surface area contributed by atoms with Gasteiger partial charge in [0.1, 0.15) is 6.07 Å². The Morgan fingerprint density at radius 2 is 2.36 bits per heavy atom. The van der Waals surface area contributed by atoms with Crippen molar-refractivity contribution in [2.45, 2.75) is 18.9 Å². The van der Waals surface area contributed by atoms with E-state index < -0.39 is 4.92 Å². The summed E-state index contributed by atoms with van der Waals surface area (Å²) in [5, 5.41) is 23.1. The third-order valence-electron chi connectivity index (χ3n) is 3.55. The molecular formula is C14H16N4O4. The van der Waals surface area contributed by atoms with Gasteiger partial charge in [0.2, 0.25) is 0 Å². The van der Waals surface area contributed by atoms with Gasteiger partial charge in [-0.1, -0.05) is 0 Å². The number of non-ortho nitro benzene ring substituents is 1. The third kappa shape index (κ3) is 3.44. The minimum atomic E-state index is -0.537. The molecule has 0 bridgehead atoms. The van der Waals surface area contributed by atoms with Crippen LogP contribution in [0.15, 0.2) is 18.2 Å². The summed E-state index contributed by atoms with van der Waals surface area (Å²) < 4.78 is 4.71. The number of ether oxygens (including phenoxy) is 1. The zero-order valence-corrected chi connectivity index (χ0v) is 12.1. The fourth-order valence-electron chi connectivity index (χ4n) is 2.47. The Kier molecular flexibility index (Phi) is 4.78. The highest BCUT2D eigenvalue weighted by molar-refractivity contribution is 5.68. The lowest BCUT2D eigenvalue weighted by Crippen LogP contribution is -2.45. The summed E-state index contributed by atoms with van der Waals surface area (Å²) in [6.07, 6.45) is 1.28. The number of rotatable bonds is 3. The highest BCUT2D eigenvalue weighted by Crippen LogP contribution is 2.24. The molecule has 1 amide bonds. The van der Waals surface area contributed by atoms with Gasteiger partial charge in [-0.25, -0.2) is 4.79 Å². The molecule has 1 heterocycles. The number of hydrogen-bond acceptors (Lipinski definition) is 6. The Labute approximate surface area is 127 Å². The van der Waals surface area contributed by atoms with Crippen molar-refractivity contribution in [2.24, 2.45) is 0 Å². The minimum absolute atomic E-state index is 0.0265. The van der Waals surface area contributed by atoms with Gasteiger partial charge in [-0.2, -0.15) is 5.26 Å². The predicted molar refractivity (Wildman–Crippen MR) is 78.4 cm³/mol. The molecule has 0 aromatic heterocycles. The van der Waals surface area contributed by atoms with Gasteiger partial charge in [-0.15, -0.1) is 0 Å². The number of hydrogen-bond donors (Lipinski definition) is 1. The number of likely N-dealkylation sites (tertiary alicyclic amines) is 1. The molecule has 1 fully saturated rings. The second-order valence-electron chi connectivity index (χ2n) is 5.00. The lowest BCUT2D eigenvalue weighted by molar-refractivity contribution is -0.384. The van der Waals surface area contributed by atoms with Gasteiger partial charge in [-0.3, -0.25) is 10.1 Å². The highest BCUT2D eigenvalue weighted by atomic mass is 16.6. The first-order valence-corrected chi connectivity index (χ1v) is 6.83. The molecule has 2 rings (SSSR count). The number of nitrogens with one attached hydrogen (secondary N) is 1. The van der Waals surface area contributed by atoms with Crippen molar-refractivity contribution in [1.29, 1.82) is 5.26 Å². The molecule has 22 heavy (non-hydrogen) atoms. The van der Waals surface area contributed by atoms with Crippen LogP contribution >= 0.6 is 0 Å². The average molecular weight is 304 g/mol. The molecule has 0 radical (unpaired) electrons. The normalized spacial score (nSPS) is 17.5. The number of piperidine rings is 1. The summed E-state index contributed by atoms with van der Waals surface area (Å²) in [6.45, 7) is 1.10. The number of nitriles is 1. The summed E-state index contributed by atoms with van der Waals surface area (Å²) >= 11 is 0. The van der Waals surface area contributed by atoms with E-state index in [0.29, 0.717) is 18.8 Å². The smallest absolute Gasteiger partial charge is 0.409 e. The van der Waals surface area contributed by atoms with E-state index in [-0.39, 0.29) is 23.4 Å². The van der Waals surface area contributed by atoms with Crippen LogP contribution in [0.4, 0.5) is 16.2 Å². The summed E-state index contributed by atoms with van der Waals surface area (Å²) in [5.74, 6) is 0. The lowest BCUT2D eigenvalue weighted by Gasteiger charge is -2.32. The molecule has 0 aliphatic carbocycles. The predicted octanol–water partition coefficient (Wildman–Crippen LogP) is 2.11. The number of nitro benzene ring substituents is 1. The fraction of sp³-hybridized carbons (Fsp3) is 0.429. The van der Waals surface area contributed by atoms with E-state index in [1.54, 1.807) is 4.90 Å². The second kappa shape index (κ2) is 6.76. The summed E-state index contributed by atoms with van der Waals surface area (Å²) in [7, 11) is 1.34. The maximum atomic E-state index is 11.6. The van der Waals surface area contributed by atoms with Crippen LogP contribution < -0.4 is 5.32 Å². The van der Waals surface area contributed by atoms with Crippen molar-refractivity contribution in [3.63, 3.8) is 0 Å². The Morgan fingerprint density at radius 3 is 3.00 bits per heavy atom. The molecule has 0 saturated carbocycles. The first-order valence-electron chi connectivity index (χ1n) is 6.83. The number of amides is 1. The van der Waals surface area contributed by atoms with E-state index >= 15 is 0 Å². The first-order chi connectivity index (χ1) is 10.5. The second-order valence-corrected chi connectivity index (χ2v) is 5.00. The first kappa shape index (κ1) is 15.6. The Balaban J connectivity index is 2.12. The van der Waals surface area contributed by atoms with E-state index in [1.807, 2.05) is 6.07 Å². The monoisotopic (exact) mass is 304 g/mol. The number of benzene rings is 1.